The molecule has 0 unspecified atom stereocenters. The lowest BCUT2D eigenvalue weighted by Crippen LogP contribution is -2.09. The average Bonchev–Trinajstić information content (AvgIpc) is 3.63. The second-order valence-electron chi connectivity index (χ2n) is 14.0. The predicted molar refractivity (Wildman–Crippen MR) is 228 cm³/mol. The van der Waals surface area contributed by atoms with Crippen molar-refractivity contribution in [2.75, 3.05) is 4.90 Å². The molecule has 252 valence electrons. The van der Waals surface area contributed by atoms with Gasteiger partial charge in [0.15, 0.2) is 0 Å². The number of fused-ring (bicyclic) bond motifs is 4. The molecule has 10 aromatic carbocycles. The first-order chi connectivity index (χ1) is 26.8. The van der Waals surface area contributed by atoms with Gasteiger partial charge >= 0.3 is 0 Å². The van der Waals surface area contributed by atoms with Crippen molar-refractivity contribution in [2.45, 2.75) is 0 Å². The quantitative estimate of drug-likeness (QED) is 0.162. The van der Waals surface area contributed by atoms with E-state index in [9.17, 15) is 0 Å². The molecule has 0 N–H and O–H groups in total. The maximum absolute atomic E-state index is 7.14. The largest absolute Gasteiger partial charge is 0.455 e. The third-order valence-corrected chi connectivity index (χ3v) is 11.0. The molecule has 11 rings (SSSR count). The van der Waals surface area contributed by atoms with Crippen molar-refractivity contribution in [3.8, 4) is 33.4 Å². The standard InChI is InChI=1S/C52H33NO/c1-6-16-34(17-7-1)45-33-46(35-18-8-2-9-19-35)41-29-31-44-50-43(30-28-40(45)49(41)50)48(36-20-10-3-11-21-36)51-42-27-26-39(32-47(42)54-52(44)51)53(37-22-12-4-13-23-37)38-24-14-5-15-25-38/h1-33H. The molecule has 0 fully saturated rings. The van der Waals surface area contributed by atoms with Crippen LogP contribution in [0.5, 0.6) is 0 Å². The lowest BCUT2D eigenvalue weighted by molar-refractivity contribution is 0.673. The minimum Gasteiger partial charge on any atom is -0.455 e. The number of rotatable bonds is 6. The molecule has 1 heterocycles. The third kappa shape index (κ3) is 4.67. The van der Waals surface area contributed by atoms with Gasteiger partial charge in [-0.3, -0.25) is 0 Å². The number of furan rings is 1. The lowest BCUT2D eigenvalue weighted by atomic mass is 9.83. The molecule has 0 aliphatic carbocycles. The zero-order chi connectivity index (χ0) is 35.6. The Bertz CT molecular complexity index is 3020. The minimum atomic E-state index is 0.863. The molecule has 54 heavy (non-hydrogen) atoms. The normalized spacial score (nSPS) is 11.7. The molecule has 0 aliphatic heterocycles. The molecular formula is C52H33NO. The molecule has 1 aromatic heterocycles. The van der Waals surface area contributed by atoms with Crippen LogP contribution < -0.4 is 4.90 Å². The van der Waals surface area contributed by atoms with Gasteiger partial charge in [-0.05, 0) is 97.9 Å². The second kappa shape index (κ2) is 12.2. The van der Waals surface area contributed by atoms with E-state index in [2.05, 4.69) is 205 Å². The van der Waals surface area contributed by atoms with E-state index in [-0.39, 0.29) is 0 Å². The van der Waals surface area contributed by atoms with Crippen molar-refractivity contribution in [1.29, 1.82) is 0 Å². The number of anilines is 3. The van der Waals surface area contributed by atoms with Gasteiger partial charge in [-0.25, -0.2) is 0 Å². The van der Waals surface area contributed by atoms with Crippen LogP contribution in [0.25, 0.3) is 87.6 Å². The van der Waals surface area contributed by atoms with Crippen LogP contribution in [-0.4, -0.2) is 0 Å². The van der Waals surface area contributed by atoms with Crippen molar-refractivity contribution in [1.82, 2.24) is 0 Å². The summed E-state index contributed by atoms with van der Waals surface area (Å²) in [7, 11) is 0. The molecule has 0 aliphatic rings. The number of nitrogens with zero attached hydrogens (tertiary/aromatic N) is 1. The van der Waals surface area contributed by atoms with Crippen LogP contribution in [-0.2, 0) is 0 Å². The third-order valence-electron chi connectivity index (χ3n) is 11.0. The van der Waals surface area contributed by atoms with E-state index >= 15 is 0 Å². The molecule has 0 radical (unpaired) electrons. The number of benzene rings is 10. The maximum Gasteiger partial charge on any atom is 0.143 e. The Kier molecular flexibility index (Phi) is 6.90. The first kappa shape index (κ1) is 30.5. The Labute approximate surface area is 313 Å². The van der Waals surface area contributed by atoms with Gasteiger partial charge in [0.2, 0.25) is 0 Å². The van der Waals surface area contributed by atoms with E-state index in [0.717, 1.165) is 44.4 Å². The second-order valence-corrected chi connectivity index (χ2v) is 14.0. The van der Waals surface area contributed by atoms with Gasteiger partial charge in [0, 0.05) is 50.2 Å². The fraction of sp³-hybridized carbons (Fsp3) is 0. The Morgan fingerprint density at radius 1 is 0.315 bits per heavy atom. The fourth-order valence-corrected chi connectivity index (χ4v) is 8.66. The van der Waals surface area contributed by atoms with Gasteiger partial charge in [-0.2, -0.15) is 0 Å². The van der Waals surface area contributed by atoms with E-state index in [1.165, 1.54) is 60.3 Å². The highest BCUT2D eigenvalue weighted by molar-refractivity contribution is 6.37. The predicted octanol–water partition coefficient (Wildman–Crippen LogP) is 15.0. The van der Waals surface area contributed by atoms with Gasteiger partial charge < -0.3 is 9.32 Å². The molecule has 2 nitrogen and oxygen atoms in total. The van der Waals surface area contributed by atoms with Crippen molar-refractivity contribution < 1.29 is 4.42 Å². The molecule has 0 atom stereocenters. The number of hydrogen-bond acceptors (Lipinski definition) is 2. The summed E-state index contributed by atoms with van der Waals surface area (Å²) >= 11 is 0. The Morgan fingerprint density at radius 2 is 0.759 bits per heavy atom. The summed E-state index contributed by atoms with van der Waals surface area (Å²) in [5.74, 6) is 0. The summed E-state index contributed by atoms with van der Waals surface area (Å²) < 4.78 is 7.14. The molecule has 0 bridgehead atoms. The summed E-state index contributed by atoms with van der Waals surface area (Å²) in [4.78, 5) is 2.29. The van der Waals surface area contributed by atoms with Gasteiger partial charge in [0.05, 0.1) is 0 Å². The monoisotopic (exact) mass is 687 g/mol. The highest BCUT2D eigenvalue weighted by Crippen LogP contribution is 2.51. The van der Waals surface area contributed by atoms with Crippen molar-refractivity contribution in [3.05, 3.63) is 200 Å². The van der Waals surface area contributed by atoms with Gasteiger partial charge in [0.1, 0.15) is 11.2 Å². The summed E-state index contributed by atoms with van der Waals surface area (Å²) in [5, 5.41) is 9.60. The summed E-state index contributed by atoms with van der Waals surface area (Å²) in [6, 6.07) is 71.9. The molecule has 0 saturated carbocycles. The van der Waals surface area contributed by atoms with Crippen LogP contribution in [0, 0.1) is 0 Å². The summed E-state index contributed by atoms with van der Waals surface area (Å²) in [6.07, 6.45) is 0. The topological polar surface area (TPSA) is 16.4 Å². The fourth-order valence-electron chi connectivity index (χ4n) is 8.66. The Balaban J connectivity index is 1.27. The number of para-hydroxylation sites is 2. The van der Waals surface area contributed by atoms with Crippen molar-refractivity contribution >= 4 is 71.3 Å². The van der Waals surface area contributed by atoms with E-state index in [0.29, 0.717) is 0 Å². The molecule has 2 heteroatoms. The lowest BCUT2D eigenvalue weighted by Gasteiger charge is -2.25. The van der Waals surface area contributed by atoms with Gasteiger partial charge in [-0.1, -0.05) is 146 Å². The van der Waals surface area contributed by atoms with Crippen LogP contribution in [0.15, 0.2) is 205 Å². The van der Waals surface area contributed by atoms with Crippen LogP contribution in [0.4, 0.5) is 17.1 Å². The average molecular weight is 688 g/mol. The van der Waals surface area contributed by atoms with Gasteiger partial charge in [0.25, 0.3) is 0 Å². The number of hydrogen-bond donors (Lipinski definition) is 0. The first-order valence-electron chi connectivity index (χ1n) is 18.5. The van der Waals surface area contributed by atoms with Gasteiger partial charge in [-0.15, -0.1) is 0 Å². The highest BCUT2D eigenvalue weighted by Gasteiger charge is 2.25. The molecule has 0 saturated heterocycles. The molecular weight excluding hydrogens is 655 g/mol. The molecule has 0 amide bonds. The van der Waals surface area contributed by atoms with Crippen LogP contribution in [0.1, 0.15) is 0 Å². The Morgan fingerprint density at radius 3 is 1.31 bits per heavy atom. The van der Waals surface area contributed by atoms with E-state index in [4.69, 9.17) is 4.42 Å². The summed E-state index contributed by atoms with van der Waals surface area (Å²) in [5.41, 5.74) is 12.3. The zero-order valence-corrected chi connectivity index (χ0v) is 29.4. The first-order valence-corrected chi connectivity index (χ1v) is 18.5. The van der Waals surface area contributed by atoms with E-state index < -0.39 is 0 Å². The summed E-state index contributed by atoms with van der Waals surface area (Å²) in [6.45, 7) is 0. The van der Waals surface area contributed by atoms with Crippen LogP contribution in [0.2, 0.25) is 0 Å². The van der Waals surface area contributed by atoms with Crippen LogP contribution in [0.3, 0.4) is 0 Å². The van der Waals surface area contributed by atoms with E-state index in [1.807, 2.05) is 0 Å². The van der Waals surface area contributed by atoms with E-state index in [1.54, 1.807) is 0 Å². The Hall–Kier alpha value is -7.16. The van der Waals surface area contributed by atoms with Crippen LogP contribution >= 0.6 is 0 Å². The maximum atomic E-state index is 7.14. The van der Waals surface area contributed by atoms with Crippen molar-refractivity contribution in [2.24, 2.45) is 0 Å². The minimum absolute atomic E-state index is 0.863. The zero-order valence-electron chi connectivity index (χ0n) is 29.4. The SMILES string of the molecule is c1ccc(-c2cc(-c3ccccc3)c3ccc4c5oc6cc(N(c7ccccc7)c7ccccc7)ccc6c5c(-c5ccccc5)c5ccc2c3c54)cc1. The molecule has 11 aromatic rings. The van der Waals surface area contributed by atoms with Crippen molar-refractivity contribution in [3.63, 3.8) is 0 Å². The smallest absolute Gasteiger partial charge is 0.143 e. The molecule has 0 spiro atoms. The highest BCUT2D eigenvalue weighted by atomic mass is 16.3.